The Balaban J connectivity index is 2.03. The summed E-state index contributed by atoms with van der Waals surface area (Å²) in [6.07, 6.45) is 1.31. The summed E-state index contributed by atoms with van der Waals surface area (Å²) in [5.74, 6) is 0.293. The summed E-state index contributed by atoms with van der Waals surface area (Å²) in [5.41, 5.74) is 4.39. The second-order valence-corrected chi connectivity index (χ2v) is 5.99. The number of para-hydroxylation sites is 1. The smallest absolute Gasteiger partial charge is 0.334 e. The molecule has 0 amide bonds. The van der Waals surface area contributed by atoms with Gasteiger partial charge in [-0.3, -0.25) is 10.1 Å². The van der Waals surface area contributed by atoms with E-state index < -0.39 is 4.92 Å². The minimum Gasteiger partial charge on any atom is -0.334 e. The third-order valence-corrected chi connectivity index (χ3v) is 4.26. The number of nitrogens with one attached hydrogen (secondary N) is 2. The molecule has 1 aromatic heterocycles. The number of aryl methyl sites for hydroxylation is 2. The molecule has 0 aliphatic heterocycles. The number of benzene rings is 2. The van der Waals surface area contributed by atoms with E-state index in [1.54, 1.807) is 0 Å². The number of hydrogen-bond acceptors (Lipinski definition) is 6. The first kappa shape index (κ1) is 17.3. The summed E-state index contributed by atoms with van der Waals surface area (Å²) in [6.45, 7) is 5.86. The molecule has 7 heteroatoms. The molecule has 0 bridgehead atoms. The van der Waals surface area contributed by atoms with Crippen LogP contribution >= 0.6 is 0 Å². The van der Waals surface area contributed by atoms with Crippen molar-refractivity contribution < 1.29 is 4.92 Å². The molecule has 3 rings (SSSR count). The highest BCUT2D eigenvalue weighted by Crippen LogP contribution is 2.34. The molecule has 7 nitrogen and oxygen atoms in total. The molecule has 0 spiro atoms. The molecule has 132 valence electrons. The molecular formula is C19H19N5O2. The normalized spacial score (nSPS) is 10.4. The van der Waals surface area contributed by atoms with E-state index in [4.69, 9.17) is 0 Å². The lowest BCUT2D eigenvalue weighted by Crippen LogP contribution is -2.06. The summed E-state index contributed by atoms with van der Waals surface area (Å²) in [4.78, 5) is 19.4. The van der Waals surface area contributed by atoms with Crippen molar-refractivity contribution in [3.63, 3.8) is 0 Å². The summed E-state index contributed by atoms with van der Waals surface area (Å²) in [7, 11) is 0. The number of aromatic nitrogens is 2. The molecule has 2 N–H and O–H groups in total. The van der Waals surface area contributed by atoms with Gasteiger partial charge in [-0.2, -0.15) is 0 Å². The van der Waals surface area contributed by atoms with Crippen LogP contribution in [0.4, 0.5) is 28.7 Å². The van der Waals surface area contributed by atoms with E-state index in [-0.39, 0.29) is 17.3 Å². The molecule has 0 fully saturated rings. The van der Waals surface area contributed by atoms with Crippen LogP contribution in [-0.2, 0) is 0 Å². The number of rotatable bonds is 5. The first-order valence-electron chi connectivity index (χ1n) is 8.12. The Labute approximate surface area is 151 Å². The van der Waals surface area contributed by atoms with Gasteiger partial charge in [0.25, 0.3) is 0 Å². The van der Waals surface area contributed by atoms with Crippen LogP contribution in [-0.4, -0.2) is 14.9 Å². The Kier molecular flexibility index (Phi) is 4.79. The van der Waals surface area contributed by atoms with E-state index in [9.17, 15) is 10.1 Å². The predicted octanol–water partition coefficient (Wildman–Crippen LogP) is 4.80. The van der Waals surface area contributed by atoms with Gasteiger partial charge in [0.2, 0.25) is 11.6 Å². The molecule has 2 aromatic carbocycles. The molecular weight excluding hydrogens is 330 g/mol. The maximum absolute atomic E-state index is 11.7. The van der Waals surface area contributed by atoms with Gasteiger partial charge in [0.1, 0.15) is 6.33 Å². The topological polar surface area (TPSA) is 93.0 Å². The minimum absolute atomic E-state index is 0.145. The van der Waals surface area contributed by atoms with Crippen LogP contribution in [0.5, 0.6) is 0 Å². The number of nitrogens with zero attached hydrogens (tertiary/aromatic N) is 3. The molecule has 26 heavy (non-hydrogen) atoms. The average Bonchev–Trinajstić information content (AvgIpc) is 2.61. The van der Waals surface area contributed by atoms with E-state index in [2.05, 4.69) is 20.6 Å². The first-order chi connectivity index (χ1) is 12.5. The van der Waals surface area contributed by atoms with Crippen LogP contribution in [0.15, 0.2) is 48.8 Å². The van der Waals surface area contributed by atoms with Crippen LogP contribution < -0.4 is 10.6 Å². The van der Waals surface area contributed by atoms with Gasteiger partial charge in [0.05, 0.1) is 4.92 Å². The zero-order valence-electron chi connectivity index (χ0n) is 14.8. The maximum Gasteiger partial charge on any atom is 0.353 e. The fourth-order valence-electron chi connectivity index (χ4n) is 2.59. The third-order valence-electron chi connectivity index (χ3n) is 4.26. The molecule has 0 saturated heterocycles. The molecule has 0 radical (unpaired) electrons. The molecule has 3 aromatic rings. The Morgan fingerprint density at radius 2 is 1.42 bits per heavy atom. The van der Waals surface area contributed by atoms with Gasteiger partial charge < -0.3 is 10.6 Å². The Morgan fingerprint density at radius 3 is 2.08 bits per heavy atom. The minimum atomic E-state index is -0.478. The molecule has 0 atom stereocenters. The number of hydrogen-bond donors (Lipinski definition) is 2. The summed E-state index contributed by atoms with van der Waals surface area (Å²) >= 11 is 0. The van der Waals surface area contributed by atoms with Gasteiger partial charge in [0, 0.05) is 11.4 Å². The molecule has 0 saturated carbocycles. The van der Waals surface area contributed by atoms with Crippen molar-refractivity contribution in [2.75, 3.05) is 10.6 Å². The lowest BCUT2D eigenvalue weighted by atomic mass is 10.1. The zero-order valence-corrected chi connectivity index (χ0v) is 14.8. The fourth-order valence-corrected chi connectivity index (χ4v) is 2.59. The highest BCUT2D eigenvalue weighted by molar-refractivity contribution is 5.78. The summed E-state index contributed by atoms with van der Waals surface area (Å²) in [5, 5.41) is 17.8. The van der Waals surface area contributed by atoms with Crippen LogP contribution in [0.2, 0.25) is 0 Å². The van der Waals surface area contributed by atoms with Crippen LogP contribution in [0.1, 0.15) is 16.7 Å². The second-order valence-electron chi connectivity index (χ2n) is 5.99. The van der Waals surface area contributed by atoms with Crippen LogP contribution in [0.3, 0.4) is 0 Å². The standard InChI is InChI=1S/C19H19N5O2/c1-12-8-6-10-16(14(12)3)23-19-17(24(25)26)18(20-11-21-19)22-15-9-5-4-7-13(15)2/h4-11H,1-3H3,(H2,20,21,22,23). The average molecular weight is 349 g/mol. The third kappa shape index (κ3) is 3.46. The largest absolute Gasteiger partial charge is 0.353 e. The fraction of sp³-hybridized carbons (Fsp3) is 0.158. The predicted molar refractivity (Wildman–Crippen MR) is 102 cm³/mol. The van der Waals surface area contributed by atoms with Gasteiger partial charge in [-0.1, -0.05) is 30.3 Å². The van der Waals surface area contributed by atoms with Crippen molar-refractivity contribution in [3.8, 4) is 0 Å². The van der Waals surface area contributed by atoms with Crippen LogP contribution in [0.25, 0.3) is 0 Å². The lowest BCUT2D eigenvalue weighted by molar-refractivity contribution is -0.383. The SMILES string of the molecule is Cc1ccccc1Nc1ncnc(Nc2cccc(C)c2C)c1[N+](=O)[O-]. The van der Waals surface area contributed by atoms with E-state index in [1.165, 1.54) is 6.33 Å². The van der Waals surface area contributed by atoms with Gasteiger partial charge in [-0.05, 0) is 49.6 Å². The van der Waals surface area contributed by atoms with Gasteiger partial charge in [-0.15, -0.1) is 0 Å². The van der Waals surface area contributed by atoms with Crippen molar-refractivity contribution in [2.24, 2.45) is 0 Å². The highest BCUT2D eigenvalue weighted by atomic mass is 16.6. The maximum atomic E-state index is 11.7. The van der Waals surface area contributed by atoms with Crippen LogP contribution in [0, 0.1) is 30.9 Å². The summed E-state index contributed by atoms with van der Waals surface area (Å²) in [6, 6.07) is 13.3. The summed E-state index contributed by atoms with van der Waals surface area (Å²) < 4.78 is 0. The quantitative estimate of drug-likeness (QED) is 0.508. The number of anilines is 4. The Hall–Kier alpha value is -3.48. The Bertz CT molecular complexity index is 972. The van der Waals surface area contributed by atoms with Gasteiger partial charge in [-0.25, -0.2) is 9.97 Å². The van der Waals surface area contributed by atoms with Gasteiger partial charge in [0.15, 0.2) is 0 Å². The van der Waals surface area contributed by atoms with E-state index in [0.29, 0.717) is 0 Å². The van der Waals surface area contributed by atoms with Crippen molar-refractivity contribution in [1.29, 1.82) is 0 Å². The zero-order chi connectivity index (χ0) is 18.7. The molecule has 0 unspecified atom stereocenters. The molecule has 0 aliphatic carbocycles. The van der Waals surface area contributed by atoms with Crippen molar-refractivity contribution in [1.82, 2.24) is 9.97 Å². The van der Waals surface area contributed by atoms with E-state index in [0.717, 1.165) is 28.1 Å². The molecule has 1 heterocycles. The second kappa shape index (κ2) is 7.18. The molecule has 0 aliphatic rings. The highest BCUT2D eigenvalue weighted by Gasteiger charge is 2.24. The van der Waals surface area contributed by atoms with Crippen molar-refractivity contribution in [3.05, 3.63) is 75.6 Å². The Morgan fingerprint density at radius 1 is 0.846 bits per heavy atom. The van der Waals surface area contributed by atoms with E-state index >= 15 is 0 Å². The van der Waals surface area contributed by atoms with Crippen molar-refractivity contribution in [2.45, 2.75) is 20.8 Å². The first-order valence-corrected chi connectivity index (χ1v) is 8.12. The monoisotopic (exact) mass is 349 g/mol. The number of nitro groups is 1. The lowest BCUT2D eigenvalue weighted by Gasteiger charge is -2.13. The van der Waals surface area contributed by atoms with Gasteiger partial charge >= 0.3 is 5.69 Å². The van der Waals surface area contributed by atoms with Crippen molar-refractivity contribution >= 4 is 28.7 Å². The van der Waals surface area contributed by atoms with E-state index in [1.807, 2.05) is 63.2 Å².